The Morgan fingerprint density at radius 1 is 0.500 bits per heavy atom. The van der Waals surface area contributed by atoms with Crippen molar-refractivity contribution in [2.45, 2.75) is 24.7 Å². The molecule has 0 saturated carbocycles. The van der Waals surface area contributed by atoms with E-state index in [-0.39, 0.29) is 0 Å². The Morgan fingerprint density at radius 3 is 0.933 bits per heavy atom. The molecule has 0 aliphatic rings. The molecule has 30 heavy (non-hydrogen) atoms. The zero-order chi connectivity index (χ0) is 24.6. The maximum atomic E-state index is 11.4. The van der Waals surface area contributed by atoms with Crippen molar-refractivity contribution < 1.29 is 108 Å². The molecule has 0 bridgehead atoms. The third kappa shape index (κ3) is 14.8. The summed E-state index contributed by atoms with van der Waals surface area (Å²) in [7, 11) is 0. The van der Waals surface area contributed by atoms with Gasteiger partial charge in [0.05, 0.1) is 0 Å². The van der Waals surface area contributed by atoms with Gasteiger partial charge in [0.2, 0.25) is 0 Å². The fourth-order valence-corrected chi connectivity index (χ4v) is 4.50. The van der Waals surface area contributed by atoms with E-state index in [4.69, 9.17) is 0 Å². The molecule has 170 valence electrons. The van der Waals surface area contributed by atoms with Crippen LogP contribution in [0.3, 0.4) is 0 Å². The van der Waals surface area contributed by atoms with Crippen LogP contribution in [-0.2, 0) is 55.3 Å². The first-order chi connectivity index (χ1) is 13.1. The molecule has 0 aliphatic carbocycles. The number of hydrogen-bond acceptors (Lipinski definition) is 8. The molecule has 0 aliphatic heterocycles. The SMILES string of the molecule is O=C([O][Hg][O]C(=O)C(F)(F)F)C(F)(F)F.O=C([O][Pb][O]C(=O)C(F)(F)F)C(F)(F)F. The van der Waals surface area contributed by atoms with Crippen LogP contribution >= 0.6 is 0 Å². The summed E-state index contributed by atoms with van der Waals surface area (Å²) in [5, 5.41) is 0. The Labute approximate surface area is 181 Å². The molecular formula is C8F12HgO8Pb. The summed E-state index contributed by atoms with van der Waals surface area (Å²) in [6.45, 7) is 0. The Bertz CT molecular complexity index is 518. The van der Waals surface area contributed by atoms with Gasteiger partial charge in [-0.15, -0.1) is 0 Å². The first-order valence-corrected chi connectivity index (χ1v) is 13.5. The minimum absolute atomic E-state index is 2.65. The maximum absolute atomic E-state index is 11.4. The Kier molecular flexibility index (Phi) is 12.5. The average Bonchev–Trinajstić information content (AvgIpc) is 2.51. The molecule has 22 heteroatoms. The van der Waals surface area contributed by atoms with Crippen LogP contribution in [0.4, 0.5) is 52.7 Å². The van der Waals surface area contributed by atoms with Crippen LogP contribution in [0.5, 0.6) is 0 Å². The van der Waals surface area contributed by atoms with E-state index >= 15 is 0 Å². The number of alkyl halides is 12. The molecule has 0 aromatic rings. The normalized spacial score (nSPS) is 11.9. The summed E-state index contributed by atoms with van der Waals surface area (Å²) in [6.07, 6.45) is -21.2. The van der Waals surface area contributed by atoms with Gasteiger partial charge in [-0.3, -0.25) is 0 Å². The van der Waals surface area contributed by atoms with Crippen molar-refractivity contribution in [2.75, 3.05) is 0 Å². The second-order valence-corrected chi connectivity index (χ2v) is 9.23. The molecule has 8 nitrogen and oxygen atoms in total. The quantitative estimate of drug-likeness (QED) is 0.312. The zero-order valence-corrected chi connectivity index (χ0v) is 22.4. The van der Waals surface area contributed by atoms with Crippen LogP contribution in [0.1, 0.15) is 0 Å². The molecule has 0 aromatic carbocycles. The van der Waals surface area contributed by atoms with Crippen molar-refractivity contribution in [1.29, 1.82) is 0 Å². The van der Waals surface area contributed by atoms with Gasteiger partial charge < -0.3 is 0 Å². The molecule has 0 rings (SSSR count). The van der Waals surface area contributed by atoms with E-state index in [1.807, 2.05) is 0 Å². The van der Waals surface area contributed by atoms with Crippen molar-refractivity contribution >= 4 is 49.0 Å². The molecule has 2 radical (unpaired) electrons. The zero-order valence-electron chi connectivity index (χ0n) is 13.0. The van der Waals surface area contributed by atoms with E-state index in [0.717, 1.165) is 0 Å². The monoisotopic (exact) mass is 862 g/mol. The van der Waals surface area contributed by atoms with Crippen LogP contribution in [0.2, 0.25) is 0 Å². The van der Waals surface area contributed by atoms with Gasteiger partial charge in [-0.05, 0) is 0 Å². The fourth-order valence-electron chi connectivity index (χ4n) is 0.512. The molecule has 0 heterocycles. The predicted molar refractivity (Wildman–Crippen MR) is 54.3 cm³/mol. The number of rotatable bonds is 4. The number of hydrogen-bond donors (Lipinski definition) is 0. The number of carbonyl (C=O) groups is 4. The van der Waals surface area contributed by atoms with Crippen LogP contribution in [-0.4, -0.2) is 73.7 Å². The first-order valence-electron chi connectivity index (χ1n) is 5.89. The van der Waals surface area contributed by atoms with Crippen LogP contribution in [0.15, 0.2) is 0 Å². The third-order valence-electron chi connectivity index (χ3n) is 1.57. The van der Waals surface area contributed by atoms with Crippen LogP contribution in [0, 0.1) is 0 Å². The molecular weight excluding hydrogens is 860 g/mol. The predicted octanol–water partition coefficient (Wildman–Crippen LogP) is 1.84. The Balaban J connectivity index is 0. The van der Waals surface area contributed by atoms with Crippen LogP contribution < -0.4 is 0 Å². The second kappa shape index (κ2) is 12.1. The van der Waals surface area contributed by atoms with Crippen molar-refractivity contribution in [3.63, 3.8) is 0 Å². The molecule has 0 amide bonds. The molecule has 0 spiro atoms. The summed E-state index contributed by atoms with van der Waals surface area (Å²) in [5.41, 5.74) is 0. The summed E-state index contributed by atoms with van der Waals surface area (Å²) in [4.78, 5) is 39.7. The van der Waals surface area contributed by atoms with Gasteiger partial charge in [-0.2, -0.15) is 0 Å². The van der Waals surface area contributed by atoms with E-state index in [0.29, 0.717) is 0 Å². The van der Waals surface area contributed by atoms with Gasteiger partial charge in [0, 0.05) is 0 Å². The minimum atomic E-state index is -5.31. The second-order valence-electron chi connectivity index (χ2n) is 3.83. The summed E-state index contributed by atoms with van der Waals surface area (Å²) in [6, 6.07) is 0. The summed E-state index contributed by atoms with van der Waals surface area (Å²) >= 11 is -7.19. The molecule has 0 atom stereocenters. The van der Waals surface area contributed by atoms with Gasteiger partial charge in [0.25, 0.3) is 0 Å². The Hall–Kier alpha value is -1.10. The third-order valence-corrected chi connectivity index (χ3v) is 6.62. The van der Waals surface area contributed by atoms with Gasteiger partial charge in [-0.1, -0.05) is 0 Å². The summed E-state index contributed by atoms with van der Waals surface area (Å²) in [5.74, 6) is -10.6. The van der Waals surface area contributed by atoms with E-state index in [1.165, 1.54) is 0 Å². The van der Waals surface area contributed by atoms with E-state index in [1.54, 1.807) is 0 Å². The number of halogens is 12. The average molecular weight is 860 g/mol. The first kappa shape index (κ1) is 31.1. The van der Waals surface area contributed by atoms with Crippen molar-refractivity contribution in [2.24, 2.45) is 0 Å². The van der Waals surface area contributed by atoms with Gasteiger partial charge >= 0.3 is 182 Å². The van der Waals surface area contributed by atoms with Crippen molar-refractivity contribution in [3.05, 3.63) is 0 Å². The topological polar surface area (TPSA) is 105 Å². The van der Waals surface area contributed by atoms with Gasteiger partial charge in [0.15, 0.2) is 0 Å². The van der Waals surface area contributed by atoms with Crippen molar-refractivity contribution in [3.8, 4) is 0 Å². The van der Waals surface area contributed by atoms with E-state index < -0.39 is 99.2 Å². The van der Waals surface area contributed by atoms with Crippen molar-refractivity contribution in [1.82, 2.24) is 0 Å². The number of carbonyl (C=O) groups excluding carboxylic acids is 4. The molecule has 0 unspecified atom stereocenters. The van der Waals surface area contributed by atoms with E-state index in [9.17, 15) is 71.9 Å². The molecule has 0 aromatic heterocycles. The van der Waals surface area contributed by atoms with Crippen LogP contribution in [0.25, 0.3) is 0 Å². The van der Waals surface area contributed by atoms with Gasteiger partial charge in [0.1, 0.15) is 0 Å². The molecule has 0 saturated heterocycles. The fraction of sp³-hybridized carbons (Fsp3) is 0.500. The molecule has 0 fully saturated rings. The molecule has 0 N–H and O–H groups in total. The van der Waals surface area contributed by atoms with Gasteiger partial charge in [-0.25, -0.2) is 0 Å². The standard InChI is InChI=1S/4C2HF3O2.Hg.Pb/c4*3-2(4,5)1(6)7;;/h4*(H,6,7);;/q;;;;2*+2/p-4. The summed E-state index contributed by atoms with van der Waals surface area (Å²) < 4.78 is 150. The van der Waals surface area contributed by atoms with E-state index in [2.05, 4.69) is 10.7 Å². The Morgan fingerprint density at radius 2 is 0.733 bits per heavy atom.